The van der Waals surface area contributed by atoms with Gasteiger partial charge in [0.25, 0.3) is 18.1 Å². The predicted octanol–water partition coefficient (Wildman–Crippen LogP) is 4.97. The van der Waals surface area contributed by atoms with Gasteiger partial charge in [-0.15, -0.1) is 0 Å². The van der Waals surface area contributed by atoms with Gasteiger partial charge in [0.1, 0.15) is 12.0 Å². The fraction of sp³-hybridized carbons (Fsp3) is 0.476. The van der Waals surface area contributed by atoms with Gasteiger partial charge in [0.15, 0.2) is 11.5 Å². The zero-order valence-corrected chi connectivity index (χ0v) is 18.6. The summed E-state index contributed by atoms with van der Waals surface area (Å²) in [6.45, 7) is 5.38. The Labute approximate surface area is 190 Å². The van der Waals surface area contributed by atoms with E-state index in [1.54, 1.807) is 0 Å². The van der Waals surface area contributed by atoms with Crippen molar-refractivity contribution in [3.63, 3.8) is 0 Å². The monoisotopic (exact) mass is 488 g/mol. The number of piperidine rings is 1. The normalized spacial score (nSPS) is 16.5. The summed E-state index contributed by atoms with van der Waals surface area (Å²) in [4.78, 5) is 24.9. The molecule has 4 rings (SSSR count). The summed E-state index contributed by atoms with van der Waals surface area (Å²) in [6, 6.07) is 2.14. The summed E-state index contributed by atoms with van der Waals surface area (Å²) < 4.78 is 81.7. The van der Waals surface area contributed by atoms with E-state index in [0.29, 0.717) is 18.5 Å². The van der Waals surface area contributed by atoms with Crippen molar-refractivity contribution >= 4 is 11.7 Å². The minimum absolute atomic E-state index is 0.0252. The molecule has 7 nitrogen and oxygen atoms in total. The van der Waals surface area contributed by atoms with Crippen LogP contribution in [0.25, 0.3) is 5.78 Å². The number of halogens is 6. The summed E-state index contributed by atoms with van der Waals surface area (Å²) in [6.07, 6.45) is -5.84. The van der Waals surface area contributed by atoms with Crippen molar-refractivity contribution in [3.05, 3.63) is 52.6 Å². The molecule has 0 bridgehead atoms. The largest absolute Gasteiger partial charge is 0.436 e. The molecule has 0 spiro atoms. The third-order valence-corrected chi connectivity index (χ3v) is 5.23. The molecule has 3 aromatic heterocycles. The standard InChI is InChI=1S/C19H16F6N6O.C2H6/c1-9-5-11(14(20)15(28-9)19(23,24)25)17(32)30-4-2-3-10(7-30)13-6-12(16(21)22)29-18-26-8-27-31(13)18;1-2/h5-6,8,10,16H,2-4,7H2,1H3;1-2H3. The van der Waals surface area contributed by atoms with Gasteiger partial charge >= 0.3 is 6.18 Å². The van der Waals surface area contributed by atoms with Crippen molar-refractivity contribution in [2.75, 3.05) is 13.1 Å². The molecule has 1 fully saturated rings. The lowest BCUT2D eigenvalue weighted by Gasteiger charge is -2.33. The lowest BCUT2D eigenvalue weighted by Crippen LogP contribution is -2.40. The van der Waals surface area contributed by atoms with Gasteiger partial charge in [-0.2, -0.15) is 23.3 Å². The Kier molecular flexibility index (Phi) is 7.41. The summed E-state index contributed by atoms with van der Waals surface area (Å²) in [5.41, 5.74) is -2.82. The summed E-state index contributed by atoms with van der Waals surface area (Å²) in [5, 5.41) is 3.99. The van der Waals surface area contributed by atoms with Crippen molar-refractivity contribution < 1.29 is 31.1 Å². The van der Waals surface area contributed by atoms with Crippen molar-refractivity contribution in [1.82, 2.24) is 29.5 Å². The summed E-state index contributed by atoms with van der Waals surface area (Å²) in [7, 11) is 0. The van der Waals surface area contributed by atoms with Crippen molar-refractivity contribution in [2.45, 2.75) is 52.1 Å². The molecule has 3 aromatic rings. The van der Waals surface area contributed by atoms with Gasteiger partial charge in [-0.05, 0) is 31.9 Å². The number of alkyl halides is 5. The topological polar surface area (TPSA) is 76.3 Å². The molecular formula is C21H22F6N6O. The minimum atomic E-state index is -5.06. The molecule has 184 valence electrons. The Bertz CT molecular complexity index is 1180. The van der Waals surface area contributed by atoms with Gasteiger partial charge < -0.3 is 4.90 Å². The molecule has 0 N–H and O–H groups in total. The van der Waals surface area contributed by atoms with Crippen LogP contribution in [0.2, 0.25) is 0 Å². The van der Waals surface area contributed by atoms with Gasteiger partial charge in [-0.3, -0.25) is 4.79 Å². The summed E-state index contributed by atoms with van der Waals surface area (Å²) in [5.74, 6) is -3.18. The van der Waals surface area contributed by atoms with E-state index in [1.807, 2.05) is 13.8 Å². The molecule has 0 aliphatic carbocycles. The molecule has 0 saturated carbocycles. The number of aromatic nitrogens is 5. The molecular weight excluding hydrogens is 466 g/mol. The Morgan fingerprint density at radius 1 is 1.18 bits per heavy atom. The molecule has 1 aliphatic heterocycles. The van der Waals surface area contributed by atoms with E-state index >= 15 is 0 Å². The van der Waals surface area contributed by atoms with Crippen LogP contribution in [0, 0.1) is 12.7 Å². The van der Waals surface area contributed by atoms with Gasteiger partial charge in [-0.1, -0.05) is 13.8 Å². The second-order valence-corrected chi connectivity index (χ2v) is 7.44. The first-order chi connectivity index (χ1) is 16.1. The van der Waals surface area contributed by atoms with E-state index in [0.717, 1.165) is 12.4 Å². The zero-order valence-electron chi connectivity index (χ0n) is 18.6. The van der Waals surface area contributed by atoms with Gasteiger partial charge in [0, 0.05) is 24.7 Å². The van der Waals surface area contributed by atoms with E-state index in [4.69, 9.17) is 0 Å². The van der Waals surface area contributed by atoms with E-state index in [-0.39, 0.29) is 24.6 Å². The second-order valence-electron chi connectivity index (χ2n) is 7.44. The van der Waals surface area contributed by atoms with Crippen LogP contribution < -0.4 is 0 Å². The maximum atomic E-state index is 14.5. The van der Waals surface area contributed by atoms with E-state index < -0.39 is 47.2 Å². The highest BCUT2D eigenvalue weighted by atomic mass is 19.4. The number of aryl methyl sites for hydroxylation is 1. The molecule has 1 amide bonds. The van der Waals surface area contributed by atoms with Crippen LogP contribution in [-0.2, 0) is 6.18 Å². The van der Waals surface area contributed by atoms with Crippen LogP contribution in [0.5, 0.6) is 0 Å². The first kappa shape index (κ1) is 25.4. The Morgan fingerprint density at radius 3 is 2.53 bits per heavy atom. The molecule has 0 radical (unpaired) electrons. The quantitative estimate of drug-likeness (QED) is 0.487. The van der Waals surface area contributed by atoms with E-state index in [2.05, 4.69) is 20.1 Å². The van der Waals surface area contributed by atoms with Crippen molar-refractivity contribution in [3.8, 4) is 0 Å². The molecule has 0 aromatic carbocycles. The number of likely N-dealkylation sites (tertiary alicyclic amines) is 1. The average Bonchev–Trinajstić information content (AvgIpc) is 3.28. The summed E-state index contributed by atoms with van der Waals surface area (Å²) >= 11 is 0. The molecule has 1 aliphatic rings. The highest BCUT2D eigenvalue weighted by Crippen LogP contribution is 2.33. The first-order valence-corrected chi connectivity index (χ1v) is 10.6. The average molecular weight is 488 g/mol. The van der Waals surface area contributed by atoms with Gasteiger partial charge in [-0.25, -0.2) is 27.7 Å². The molecule has 1 unspecified atom stereocenters. The van der Waals surface area contributed by atoms with Crippen LogP contribution in [-0.4, -0.2) is 48.5 Å². The third-order valence-electron chi connectivity index (χ3n) is 5.23. The number of hydrogen-bond acceptors (Lipinski definition) is 5. The number of rotatable bonds is 3. The maximum absolute atomic E-state index is 14.5. The van der Waals surface area contributed by atoms with Crippen LogP contribution >= 0.6 is 0 Å². The number of fused-ring (bicyclic) bond motifs is 1. The number of nitrogens with zero attached hydrogens (tertiary/aromatic N) is 6. The molecule has 13 heteroatoms. The SMILES string of the molecule is CC.Cc1cc(C(=O)N2CCCC(c3cc(C(F)F)nc4ncnn34)C2)c(F)c(C(F)(F)F)n1. The molecule has 4 heterocycles. The predicted molar refractivity (Wildman–Crippen MR) is 109 cm³/mol. The highest BCUT2D eigenvalue weighted by Gasteiger charge is 2.39. The van der Waals surface area contributed by atoms with Crippen LogP contribution in [0.15, 0.2) is 18.5 Å². The zero-order chi connectivity index (χ0) is 25.2. The second kappa shape index (κ2) is 9.94. The third kappa shape index (κ3) is 4.97. The molecule has 34 heavy (non-hydrogen) atoms. The van der Waals surface area contributed by atoms with Crippen LogP contribution in [0.4, 0.5) is 26.3 Å². The number of carbonyl (C=O) groups is 1. The first-order valence-electron chi connectivity index (χ1n) is 10.6. The fourth-order valence-electron chi connectivity index (χ4n) is 3.83. The van der Waals surface area contributed by atoms with Crippen LogP contribution in [0.3, 0.4) is 0 Å². The number of carbonyl (C=O) groups excluding carboxylic acids is 1. The molecule has 1 saturated heterocycles. The lowest BCUT2D eigenvalue weighted by atomic mass is 9.93. The lowest BCUT2D eigenvalue weighted by molar-refractivity contribution is -0.143. The molecule has 1 atom stereocenters. The smallest absolute Gasteiger partial charge is 0.338 e. The van der Waals surface area contributed by atoms with Gasteiger partial charge in [0.2, 0.25) is 0 Å². The number of hydrogen-bond donors (Lipinski definition) is 0. The Balaban J connectivity index is 0.00000158. The van der Waals surface area contributed by atoms with E-state index in [1.165, 1.54) is 22.4 Å². The van der Waals surface area contributed by atoms with E-state index in [9.17, 15) is 31.1 Å². The number of amides is 1. The van der Waals surface area contributed by atoms with Crippen molar-refractivity contribution in [2.24, 2.45) is 0 Å². The van der Waals surface area contributed by atoms with Crippen LogP contribution in [0.1, 0.15) is 72.2 Å². The maximum Gasteiger partial charge on any atom is 0.436 e. The fourth-order valence-corrected chi connectivity index (χ4v) is 3.83. The minimum Gasteiger partial charge on any atom is -0.338 e. The Morgan fingerprint density at radius 2 is 1.88 bits per heavy atom. The number of pyridine rings is 1. The Hall–Kier alpha value is -3.25. The highest BCUT2D eigenvalue weighted by molar-refractivity contribution is 5.95. The van der Waals surface area contributed by atoms with Crippen molar-refractivity contribution in [1.29, 1.82) is 0 Å². The van der Waals surface area contributed by atoms with Gasteiger partial charge in [0.05, 0.1) is 11.3 Å².